The van der Waals surface area contributed by atoms with Crippen molar-refractivity contribution in [2.75, 3.05) is 44.3 Å². The number of fused-ring (bicyclic) bond motifs is 3. The van der Waals surface area contributed by atoms with E-state index in [0.29, 0.717) is 50.3 Å². The van der Waals surface area contributed by atoms with Crippen molar-refractivity contribution in [1.82, 2.24) is 24.3 Å². The fourth-order valence-electron chi connectivity index (χ4n) is 8.51. The minimum absolute atomic E-state index is 0.156. The number of ether oxygens (including phenoxy) is 1. The van der Waals surface area contributed by atoms with Crippen LogP contribution in [-0.2, 0) is 19.7 Å². The Bertz CT molecular complexity index is 1660. The summed E-state index contributed by atoms with van der Waals surface area (Å²) in [5.74, 6) is 0.363. The number of aromatic nitrogens is 3. The highest BCUT2D eigenvalue weighted by molar-refractivity contribution is 6.34. The van der Waals surface area contributed by atoms with E-state index in [4.69, 9.17) is 21.3 Å². The molecule has 45 heavy (non-hydrogen) atoms. The first-order chi connectivity index (χ1) is 21.7. The summed E-state index contributed by atoms with van der Waals surface area (Å²) in [6.07, 6.45) is 9.00. The fraction of sp³-hybridized carbons (Fsp3) is 0.600. The van der Waals surface area contributed by atoms with Crippen molar-refractivity contribution < 1.29 is 14.3 Å². The molecule has 10 heteroatoms. The maximum Gasteiger partial charge on any atom is 0.238 e. The van der Waals surface area contributed by atoms with Crippen LogP contribution in [0.4, 0.5) is 5.69 Å². The number of imidazole rings is 1. The SMILES string of the molecule is CC(C)n1cnc2cc(-c3ccc4c(c3)N([C@H]3C[C@@H](N5CCCCC5)C3)C(=O)C43CCN(C(=O)C4(C)COC4)CC3)nc(Cl)c21. The van der Waals surface area contributed by atoms with Crippen molar-refractivity contribution in [2.24, 2.45) is 5.41 Å². The molecule has 1 aliphatic carbocycles. The number of likely N-dealkylation sites (tertiary alicyclic amines) is 2. The van der Waals surface area contributed by atoms with Gasteiger partial charge in [-0.15, -0.1) is 0 Å². The van der Waals surface area contributed by atoms with Gasteiger partial charge in [0.25, 0.3) is 0 Å². The van der Waals surface area contributed by atoms with Gasteiger partial charge in [-0.3, -0.25) is 9.59 Å². The highest BCUT2D eigenvalue weighted by atomic mass is 35.5. The van der Waals surface area contributed by atoms with Gasteiger partial charge in [-0.1, -0.05) is 30.2 Å². The summed E-state index contributed by atoms with van der Waals surface area (Å²) >= 11 is 6.76. The van der Waals surface area contributed by atoms with Crippen molar-refractivity contribution in [2.45, 2.75) is 89.3 Å². The van der Waals surface area contributed by atoms with Crippen molar-refractivity contribution in [3.05, 3.63) is 41.3 Å². The zero-order valence-electron chi connectivity index (χ0n) is 26.6. The normalized spacial score (nSPS) is 25.9. The van der Waals surface area contributed by atoms with Crippen LogP contribution in [0, 0.1) is 5.41 Å². The monoisotopic (exact) mass is 630 g/mol. The third-order valence-corrected chi connectivity index (χ3v) is 11.6. The van der Waals surface area contributed by atoms with Crippen molar-refractivity contribution in [3.63, 3.8) is 0 Å². The van der Waals surface area contributed by atoms with E-state index in [2.05, 4.69) is 46.8 Å². The van der Waals surface area contributed by atoms with Gasteiger partial charge in [0.15, 0.2) is 5.15 Å². The minimum Gasteiger partial charge on any atom is -0.379 e. The van der Waals surface area contributed by atoms with Crippen LogP contribution in [0.15, 0.2) is 30.6 Å². The van der Waals surface area contributed by atoms with Crippen LogP contribution in [0.5, 0.6) is 0 Å². The second-order valence-corrected chi connectivity index (χ2v) is 15.0. The second kappa shape index (κ2) is 10.8. The van der Waals surface area contributed by atoms with Crippen LogP contribution in [-0.4, -0.2) is 87.6 Å². The van der Waals surface area contributed by atoms with E-state index < -0.39 is 10.8 Å². The lowest BCUT2D eigenvalue weighted by Crippen LogP contribution is -2.59. The lowest BCUT2D eigenvalue weighted by Gasteiger charge is -2.48. The molecular formula is C35H43ClN6O3. The lowest BCUT2D eigenvalue weighted by atomic mass is 9.72. The minimum atomic E-state index is -0.608. The molecule has 2 amide bonds. The van der Waals surface area contributed by atoms with Crippen LogP contribution >= 0.6 is 11.6 Å². The summed E-state index contributed by atoms with van der Waals surface area (Å²) < 4.78 is 7.43. The molecule has 3 aromatic rings. The van der Waals surface area contributed by atoms with Crippen LogP contribution < -0.4 is 4.90 Å². The molecule has 1 spiro atoms. The van der Waals surface area contributed by atoms with Gasteiger partial charge >= 0.3 is 0 Å². The Morgan fingerprint density at radius 1 is 1.02 bits per heavy atom. The number of carbonyl (C=O) groups excluding carboxylic acids is 2. The first kappa shape index (κ1) is 29.4. The van der Waals surface area contributed by atoms with E-state index >= 15 is 0 Å². The maximum atomic E-state index is 14.7. The molecule has 2 aromatic heterocycles. The number of nitrogens with zero attached hydrogens (tertiary/aromatic N) is 6. The Kier molecular flexibility index (Phi) is 7.04. The molecule has 6 heterocycles. The van der Waals surface area contributed by atoms with Gasteiger partial charge in [0, 0.05) is 42.5 Å². The third kappa shape index (κ3) is 4.55. The largest absolute Gasteiger partial charge is 0.379 e. The van der Waals surface area contributed by atoms with E-state index in [1.54, 1.807) is 0 Å². The quantitative estimate of drug-likeness (QED) is 0.342. The standard InChI is InChI=1S/C35H43ClN6O3/c1-22(2)41-21-37-28-18-27(38-31(36)30(28)41)23-7-8-26-29(15-23)42(25-16-24(17-25)39-11-5-4-6-12-39)33(44)35(26)9-13-40(14-10-35)32(43)34(3)19-45-20-34/h7-8,15,18,21-22,24-25H,4-6,9-14,16-17,19-20H2,1-3H3/t24-,25+. The molecule has 4 aliphatic heterocycles. The van der Waals surface area contributed by atoms with E-state index in [0.717, 1.165) is 46.4 Å². The van der Waals surface area contributed by atoms with Crippen LogP contribution in [0.25, 0.3) is 22.3 Å². The topological polar surface area (TPSA) is 83.8 Å². The second-order valence-electron chi connectivity index (χ2n) is 14.6. The van der Waals surface area contributed by atoms with Gasteiger partial charge in [-0.25, -0.2) is 9.97 Å². The Morgan fingerprint density at radius 2 is 1.76 bits per heavy atom. The smallest absolute Gasteiger partial charge is 0.238 e. The molecule has 3 saturated heterocycles. The summed E-state index contributed by atoms with van der Waals surface area (Å²) in [5.41, 5.74) is 4.41. The predicted octanol–water partition coefficient (Wildman–Crippen LogP) is 5.59. The van der Waals surface area contributed by atoms with Gasteiger partial charge < -0.3 is 24.0 Å². The summed E-state index contributed by atoms with van der Waals surface area (Å²) in [6, 6.07) is 9.35. The molecule has 1 saturated carbocycles. The summed E-state index contributed by atoms with van der Waals surface area (Å²) in [5, 5.41) is 0.435. The number of halogens is 1. The number of hydrogen-bond donors (Lipinski definition) is 0. The Morgan fingerprint density at radius 3 is 2.42 bits per heavy atom. The zero-order valence-corrected chi connectivity index (χ0v) is 27.4. The number of anilines is 1. The molecule has 0 radical (unpaired) electrons. The number of carbonyl (C=O) groups is 2. The average Bonchev–Trinajstić information content (AvgIpc) is 3.54. The predicted molar refractivity (Wildman–Crippen MR) is 174 cm³/mol. The molecule has 5 aliphatic rings. The molecule has 9 nitrogen and oxygen atoms in total. The first-order valence-electron chi connectivity index (χ1n) is 16.8. The zero-order chi connectivity index (χ0) is 31.1. The van der Waals surface area contributed by atoms with Crippen LogP contribution in [0.3, 0.4) is 0 Å². The molecule has 0 atom stereocenters. The van der Waals surface area contributed by atoms with Crippen molar-refractivity contribution >= 4 is 40.1 Å². The number of piperidine rings is 2. The Hall–Kier alpha value is -3.01. The average molecular weight is 631 g/mol. The molecule has 4 fully saturated rings. The first-order valence-corrected chi connectivity index (χ1v) is 17.2. The van der Waals surface area contributed by atoms with Gasteiger partial charge in [0.05, 0.1) is 41.6 Å². The molecule has 1 aromatic carbocycles. The van der Waals surface area contributed by atoms with Crippen LogP contribution in [0.1, 0.15) is 77.3 Å². The number of rotatable bonds is 5. The van der Waals surface area contributed by atoms with Gasteiger partial charge in [0.1, 0.15) is 5.52 Å². The molecule has 0 unspecified atom stereocenters. The molecule has 238 valence electrons. The third-order valence-electron chi connectivity index (χ3n) is 11.4. The van der Waals surface area contributed by atoms with E-state index in [9.17, 15) is 9.59 Å². The van der Waals surface area contributed by atoms with Crippen molar-refractivity contribution in [1.29, 1.82) is 0 Å². The van der Waals surface area contributed by atoms with E-state index in [-0.39, 0.29) is 23.9 Å². The van der Waals surface area contributed by atoms with E-state index in [1.165, 1.54) is 32.4 Å². The number of pyridine rings is 1. The summed E-state index contributed by atoms with van der Waals surface area (Å²) in [7, 11) is 0. The molecular weight excluding hydrogens is 588 g/mol. The van der Waals surface area contributed by atoms with Gasteiger partial charge in [-0.05, 0) is 90.1 Å². The van der Waals surface area contributed by atoms with Gasteiger partial charge in [-0.2, -0.15) is 0 Å². The van der Waals surface area contributed by atoms with Crippen LogP contribution in [0.2, 0.25) is 5.15 Å². The lowest BCUT2D eigenvalue weighted by molar-refractivity contribution is -0.170. The van der Waals surface area contributed by atoms with Gasteiger partial charge in [0.2, 0.25) is 11.8 Å². The number of amides is 2. The molecule has 8 rings (SSSR count). The summed E-state index contributed by atoms with van der Waals surface area (Å²) in [4.78, 5) is 44.2. The highest BCUT2D eigenvalue weighted by Gasteiger charge is 2.56. The van der Waals surface area contributed by atoms with E-state index in [1.807, 2.05) is 28.8 Å². The Labute approximate surface area is 269 Å². The summed E-state index contributed by atoms with van der Waals surface area (Å²) in [6.45, 7) is 10.7. The molecule has 0 bridgehead atoms. The highest BCUT2D eigenvalue weighted by Crippen LogP contribution is 2.52. The number of hydrogen-bond acceptors (Lipinski definition) is 6. The van der Waals surface area contributed by atoms with Crippen molar-refractivity contribution in [3.8, 4) is 11.3 Å². The fourth-order valence-corrected chi connectivity index (χ4v) is 8.79. The molecule has 0 N–H and O–H groups in total. The Balaban J connectivity index is 1.13. The number of benzene rings is 1. The maximum absolute atomic E-state index is 14.7.